The first-order valence-electron chi connectivity index (χ1n) is 8.13. The van der Waals surface area contributed by atoms with Crippen molar-refractivity contribution < 1.29 is 9.52 Å². The number of rotatable bonds is 3. The van der Waals surface area contributed by atoms with Crippen LogP contribution in [0.25, 0.3) is 11.0 Å². The molecule has 0 fully saturated rings. The predicted molar refractivity (Wildman–Crippen MR) is 92.3 cm³/mol. The molecule has 0 bridgehead atoms. The Morgan fingerprint density at radius 1 is 1.04 bits per heavy atom. The van der Waals surface area contributed by atoms with E-state index < -0.39 is 0 Å². The van der Waals surface area contributed by atoms with Gasteiger partial charge in [-0.3, -0.25) is 4.99 Å². The van der Waals surface area contributed by atoms with Crippen LogP contribution >= 0.6 is 0 Å². The molecule has 1 heterocycles. The molecule has 116 valence electrons. The van der Waals surface area contributed by atoms with Crippen molar-refractivity contribution >= 4 is 17.2 Å². The van der Waals surface area contributed by atoms with E-state index in [2.05, 4.69) is 17.1 Å². The maximum atomic E-state index is 10.3. The molecule has 0 saturated heterocycles. The van der Waals surface area contributed by atoms with E-state index in [-0.39, 0.29) is 5.75 Å². The molecule has 0 atom stereocenters. The number of aliphatic imine (C=N–C) groups is 1. The molecule has 0 amide bonds. The Bertz CT molecular complexity index is 862. The van der Waals surface area contributed by atoms with Crippen LogP contribution in [0.3, 0.4) is 0 Å². The first kappa shape index (κ1) is 14.1. The molecule has 0 radical (unpaired) electrons. The molecule has 0 aliphatic heterocycles. The highest BCUT2D eigenvalue weighted by atomic mass is 16.3. The molecule has 3 nitrogen and oxygen atoms in total. The second-order valence-electron chi connectivity index (χ2n) is 6.04. The van der Waals surface area contributed by atoms with Gasteiger partial charge in [-0.2, -0.15) is 0 Å². The zero-order chi connectivity index (χ0) is 15.6. The van der Waals surface area contributed by atoms with E-state index in [1.807, 2.05) is 24.3 Å². The maximum absolute atomic E-state index is 10.3. The fourth-order valence-corrected chi connectivity index (χ4v) is 3.33. The maximum Gasteiger partial charge on any atom is 0.135 e. The van der Waals surface area contributed by atoms with Crippen molar-refractivity contribution in [3.05, 3.63) is 64.9 Å². The summed E-state index contributed by atoms with van der Waals surface area (Å²) in [4.78, 5) is 4.52. The molecular formula is C20H19NO2. The van der Waals surface area contributed by atoms with E-state index in [4.69, 9.17) is 4.42 Å². The molecule has 0 unspecified atom stereocenters. The summed E-state index contributed by atoms with van der Waals surface area (Å²) < 4.78 is 5.98. The minimum atomic E-state index is 0.267. The number of aromatic hydroxyl groups is 1. The third-order valence-corrected chi connectivity index (χ3v) is 4.47. The summed E-state index contributed by atoms with van der Waals surface area (Å²) in [6, 6.07) is 13.7. The lowest BCUT2D eigenvalue weighted by atomic mass is 9.94. The topological polar surface area (TPSA) is 45.7 Å². The lowest BCUT2D eigenvalue weighted by Crippen LogP contribution is -1.99. The van der Waals surface area contributed by atoms with Gasteiger partial charge in [0.05, 0.1) is 6.54 Å². The highest BCUT2D eigenvalue weighted by molar-refractivity contribution is 6.02. The van der Waals surface area contributed by atoms with Crippen molar-refractivity contribution in [1.82, 2.24) is 0 Å². The number of benzene rings is 2. The third kappa shape index (κ3) is 2.63. The molecule has 2 aromatic carbocycles. The van der Waals surface area contributed by atoms with E-state index in [0.29, 0.717) is 6.54 Å². The van der Waals surface area contributed by atoms with Crippen molar-refractivity contribution in [1.29, 1.82) is 0 Å². The quantitative estimate of drug-likeness (QED) is 0.717. The number of furan rings is 1. The lowest BCUT2D eigenvalue weighted by molar-refractivity contribution is 0.474. The molecule has 23 heavy (non-hydrogen) atoms. The highest BCUT2D eigenvalue weighted by Crippen LogP contribution is 2.36. The largest absolute Gasteiger partial charge is 0.507 e. The van der Waals surface area contributed by atoms with Crippen molar-refractivity contribution in [2.45, 2.75) is 32.2 Å². The first-order valence-corrected chi connectivity index (χ1v) is 8.13. The average molecular weight is 305 g/mol. The summed E-state index contributed by atoms with van der Waals surface area (Å²) >= 11 is 0. The lowest BCUT2D eigenvalue weighted by Gasteiger charge is -2.09. The van der Waals surface area contributed by atoms with E-state index >= 15 is 0 Å². The van der Waals surface area contributed by atoms with E-state index in [9.17, 15) is 5.11 Å². The Hall–Kier alpha value is -2.55. The number of phenols is 1. The van der Waals surface area contributed by atoms with Crippen LogP contribution in [0.1, 0.15) is 35.3 Å². The van der Waals surface area contributed by atoms with Crippen molar-refractivity contribution in [2.24, 2.45) is 4.99 Å². The molecule has 3 aromatic rings. The molecule has 1 aromatic heterocycles. The predicted octanol–water partition coefficient (Wildman–Crippen LogP) is 4.64. The molecule has 0 spiro atoms. The van der Waals surface area contributed by atoms with Crippen molar-refractivity contribution in [3.63, 3.8) is 0 Å². The van der Waals surface area contributed by atoms with Crippen LogP contribution < -0.4 is 0 Å². The Balaban J connectivity index is 1.73. The smallest absolute Gasteiger partial charge is 0.135 e. The number of nitrogens with zero attached hydrogens (tertiary/aromatic N) is 1. The highest BCUT2D eigenvalue weighted by Gasteiger charge is 2.20. The Morgan fingerprint density at radius 3 is 2.74 bits per heavy atom. The van der Waals surface area contributed by atoms with Crippen LogP contribution in [0, 0.1) is 0 Å². The summed E-state index contributed by atoms with van der Waals surface area (Å²) in [7, 11) is 0. The zero-order valence-corrected chi connectivity index (χ0v) is 13.0. The van der Waals surface area contributed by atoms with Gasteiger partial charge >= 0.3 is 0 Å². The van der Waals surface area contributed by atoms with Gasteiger partial charge in [-0.05, 0) is 37.0 Å². The Labute approximate surface area is 135 Å². The van der Waals surface area contributed by atoms with Crippen LogP contribution in [-0.2, 0) is 19.4 Å². The van der Waals surface area contributed by atoms with Gasteiger partial charge in [0.2, 0.25) is 0 Å². The average Bonchev–Trinajstić information content (AvgIpc) is 2.97. The van der Waals surface area contributed by atoms with Gasteiger partial charge in [0, 0.05) is 29.1 Å². The van der Waals surface area contributed by atoms with Crippen LogP contribution in [0.5, 0.6) is 5.75 Å². The number of hydrogen-bond donors (Lipinski definition) is 1. The molecule has 1 aliphatic rings. The van der Waals surface area contributed by atoms with Crippen LogP contribution in [-0.4, -0.2) is 11.3 Å². The van der Waals surface area contributed by atoms with Gasteiger partial charge in [-0.15, -0.1) is 0 Å². The summed E-state index contributed by atoms with van der Waals surface area (Å²) in [6.45, 7) is 0.608. The van der Waals surface area contributed by atoms with Crippen LogP contribution in [0.4, 0.5) is 0 Å². The molecule has 1 aliphatic carbocycles. The second kappa shape index (κ2) is 5.92. The first-order chi connectivity index (χ1) is 11.3. The van der Waals surface area contributed by atoms with E-state index in [1.165, 1.54) is 18.4 Å². The van der Waals surface area contributed by atoms with Crippen LogP contribution in [0.2, 0.25) is 0 Å². The minimum Gasteiger partial charge on any atom is -0.507 e. The van der Waals surface area contributed by atoms with E-state index in [0.717, 1.165) is 40.7 Å². The van der Waals surface area contributed by atoms with Crippen molar-refractivity contribution in [2.75, 3.05) is 0 Å². The zero-order valence-electron chi connectivity index (χ0n) is 13.0. The van der Waals surface area contributed by atoms with E-state index in [1.54, 1.807) is 12.3 Å². The number of phenolic OH excluding ortho intramolecular Hbond substituents is 1. The van der Waals surface area contributed by atoms with Gasteiger partial charge in [-0.1, -0.05) is 30.3 Å². The Morgan fingerprint density at radius 2 is 1.87 bits per heavy atom. The molecule has 4 rings (SSSR count). The number of hydrogen-bond acceptors (Lipinski definition) is 3. The van der Waals surface area contributed by atoms with Gasteiger partial charge < -0.3 is 9.52 Å². The minimum absolute atomic E-state index is 0.267. The molecular weight excluding hydrogens is 286 g/mol. The fraction of sp³-hybridized carbons (Fsp3) is 0.250. The summed E-state index contributed by atoms with van der Waals surface area (Å²) in [5, 5.41) is 11.3. The summed E-state index contributed by atoms with van der Waals surface area (Å²) in [6.07, 6.45) is 6.15. The standard InChI is InChI=1S/C20H19NO2/c22-17-10-11-19-20(15-8-4-5-9-18(15)23-19)16(17)13-21-12-14-6-2-1-3-7-14/h1-3,6-7,10-11,13,22H,4-5,8-9,12H2. The number of aryl methyl sites for hydroxylation is 2. The monoisotopic (exact) mass is 305 g/mol. The normalized spacial score (nSPS) is 14.4. The SMILES string of the molecule is Oc1ccc2oc3c(c2c1C=NCc1ccccc1)CCCC3. The summed E-state index contributed by atoms with van der Waals surface area (Å²) in [5.74, 6) is 1.35. The van der Waals surface area contributed by atoms with Gasteiger partial charge in [0.15, 0.2) is 0 Å². The Kier molecular flexibility index (Phi) is 3.62. The van der Waals surface area contributed by atoms with Gasteiger partial charge in [0.1, 0.15) is 17.1 Å². The second-order valence-corrected chi connectivity index (χ2v) is 6.04. The summed E-state index contributed by atoms with van der Waals surface area (Å²) in [5.41, 5.74) is 4.05. The molecule has 1 N–H and O–H groups in total. The van der Waals surface area contributed by atoms with Gasteiger partial charge in [-0.25, -0.2) is 0 Å². The molecule has 3 heteroatoms. The van der Waals surface area contributed by atoms with Crippen molar-refractivity contribution in [3.8, 4) is 5.75 Å². The number of fused-ring (bicyclic) bond motifs is 3. The fourth-order valence-electron chi connectivity index (χ4n) is 3.33. The molecule has 0 saturated carbocycles. The van der Waals surface area contributed by atoms with Gasteiger partial charge in [0.25, 0.3) is 0 Å². The third-order valence-electron chi connectivity index (χ3n) is 4.47. The van der Waals surface area contributed by atoms with Crippen LogP contribution in [0.15, 0.2) is 51.9 Å².